The van der Waals surface area contributed by atoms with Crippen LogP contribution in [0.25, 0.3) is 21.5 Å². The summed E-state index contributed by atoms with van der Waals surface area (Å²) in [6.45, 7) is 0. The van der Waals surface area contributed by atoms with Gasteiger partial charge in [0.15, 0.2) is 5.13 Å². The number of rotatable bonds is 6. The Labute approximate surface area is 208 Å². The summed E-state index contributed by atoms with van der Waals surface area (Å²) in [4.78, 5) is 23.0. The Morgan fingerprint density at radius 3 is 2.74 bits per heavy atom. The zero-order valence-electron chi connectivity index (χ0n) is 19.8. The predicted molar refractivity (Wildman–Crippen MR) is 139 cm³/mol. The van der Waals surface area contributed by atoms with E-state index in [1.165, 1.54) is 0 Å². The van der Waals surface area contributed by atoms with Crippen molar-refractivity contribution in [2.75, 3.05) is 19.4 Å². The van der Waals surface area contributed by atoms with Crippen LogP contribution in [0.5, 0.6) is 11.5 Å². The number of benzene rings is 2. The molecule has 1 aliphatic rings. The van der Waals surface area contributed by atoms with Crippen molar-refractivity contribution in [1.29, 1.82) is 0 Å². The van der Waals surface area contributed by atoms with Crippen LogP contribution in [0.2, 0.25) is 0 Å². The molecule has 0 bridgehead atoms. The first kappa shape index (κ1) is 23.3. The van der Waals surface area contributed by atoms with Crippen LogP contribution in [0.1, 0.15) is 36.0 Å². The highest BCUT2D eigenvalue weighted by Gasteiger charge is 2.23. The minimum absolute atomic E-state index is 0.0519. The second-order valence-corrected chi connectivity index (χ2v) is 10.0. The van der Waals surface area contributed by atoms with E-state index in [2.05, 4.69) is 15.3 Å². The summed E-state index contributed by atoms with van der Waals surface area (Å²) in [7, 11) is 3.47. The van der Waals surface area contributed by atoms with Gasteiger partial charge in [-0.3, -0.25) is 9.78 Å². The number of fused-ring (bicyclic) bond motifs is 1. The number of ether oxygens (including phenoxy) is 1. The Balaban J connectivity index is 1.33. The van der Waals surface area contributed by atoms with Crippen molar-refractivity contribution >= 4 is 32.6 Å². The summed E-state index contributed by atoms with van der Waals surface area (Å²) in [5, 5.41) is 14.5. The zero-order chi connectivity index (χ0) is 24.4. The van der Waals surface area contributed by atoms with E-state index in [1.807, 2.05) is 48.5 Å². The van der Waals surface area contributed by atoms with Gasteiger partial charge in [0.25, 0.3) is 5.91 Å². The lowest BCUT2D eigenvalue weighted by Gasteiger charge is -2.27. The molecule has 8 heteroatoms. The number of anilines is 1. The van der Waals surface area contributed by atoms with Gasteiger partial charge in [0.1, 0.15) is 11.5 Å². The van der Waals surface area contributed by atoms with E-state index in [-0.39, 0.29) is 18.1 Å². The Bertz CT molecular complexity index is 1350. The van der Waals surface area contributed by atoms with E-state index in [9.17, 15) is 9.90 Å². The van der Waals surface area contributed by atoms with Gasteiger partial charge >= 0.3 is 0 Å². The molecule has 0 aliphatic heterocycles. The molecule has 0 unspecified atom stereocenters. The van der Waals surface area contributed by atoms with Crippen molar-refractivity contribution < 1.29 is 14.6 Å². The van der Waals surface area contributed by atoms with Crippen LogP contribution >= 0.6 is 11.3 Å². The first-order chi connectivity index (χ1) is 17.0. The lowest BCUT2D eigenvalue weighted by molar-refractivity contribution is 0.0827. The second-order valence-electron chi connectivity index (χ2n) is 9.01. The number of aliphatic hydroxyl groups is 1. The van der Waals surface area contributed by atoms with E-state index in [0.29, 0.717) is 17.1 Å². The van der Waals surface area contributed by atoms with Crippen LogP contribution in [0, 0.1) is 0 Å². The van der Waals surface area contributed by atoms with Crippen molar-refractivity contribution in [3.8, 4) is 22.8 Å². The molecule has 2 heterocycles. The Kier molecular flexibility index (Phi) is 6.66. The maximum Gasteiger partial charge on any atom is 0.253 e. The van der Waals surface area contributed by atoms with Crippen LogP contribution in [0.4, 0.5) is 5.13 Å². The summed E-state index contributed by atoms with van der Waals surface area (Å²) in [6.07, 6.45) is 5.38. The van der Waals surface area contributed by atoms with Crippen LogP contribution in [-0.4, -0.2) is 52.1 Å². The van der Waals surface area contributed by atoms with Crippen LogP contribution in [-0.2, 0) is 0 Å². The smallest absolute Gasteiger partial charge is 0.253 e. The number of pyridine rings is 1. The minimum Gasteiger partial charge on any atom is -0.457 e. The monoisotopic (exact) mass is 488 g/mol. The molecule has 2 atom stereocenters. The lowest BCUT2D eigenvalue weighted by atomic mass is 9.93. The van der Waals surface area contributed by atoms with Gasteiger partial charge in [-0.15, -0.1) is 0 Å². The van der Waals surface area contributed by atoms with Crippen molar-refractivity contribution in [2.45, 2.75) is 37.8 Å². The van der Waals surface area contributed by atoms with Gasteiger partial charge < -0.3 is 20.1 Å². The first-order valence-corrected chi connectivity index (χ1v) is 12.6. The summed E-state index contributed by atoms with van der Waals surface area (Å²) in [6, 6.07) is 17.0. The number of amides is 1. The Hall–Kier alpha value is -3.49. The molecule has 4 aromatic rings. The third kappa shape index (κ3) is 5.28. The quantitative estimate of drug-likeness (QED) is 0.369. The van der Waals surface area contributed by atoms with Gasteiger partial charge in [-0.05, 0) is 43.2 Å². The average Bonchev–Trinajstić information content (AvgIpc) is 3.27. The third-order valence-electron chi connectivity index (χ3n) is 6.18. The fourth-order valence-corrected chi connectivity index (χ4v) is 5.26. The molecular formula is C27H28N4O3S. The number of carbonyl (C=O) groups excluding carboxylic acids is 1. The van der Waals surface area contributed by atoms with Gasteiger partial charge in [-0.2, -0.15) is 0 Å². The second kappa shape index (κ2) is 10.0. The molecule has 1 amide bonds. The van der Waals surface area contributed by atoms with E-state index in [1.54, 1.807) is 42.6 Å². The van der Waals surface area contributed by atoms with Gasteiger partial charge in [0.05, 0.1) is 28.1 Å². The molecule has 5 rings (SSSR count). The van der Waals surface area contributed by atoms with Crippen LogP contribution in [0.3, 0.4) is 0 Å². The number of thiazole rings is 1. The lowest BCUT2D eigenvalue weighted by Crippen LogP contribution is -2.36. The summed E-state index contributed by atoms with van der Waals surface area (Å²) in [5.74, 6) is 1.31. The highest BCUT2D eigenvalue weighted by Crippen LogP contribution is 2.33. The molecule has 2 N–H and O–H groups in total. The highest BCUT2D eigenvalue weighted by molar-refractivity contribution is 7.22. The topological polar surface area (TPSA) is 87.6 Å². The number of nitrogens with one attached hydrogen (secondary N) is 1. The maximum absolute atomic E-state index is 12.3. The normalized spacial score (nSPS) is 17.8. The number of nitrogens with zero attached hydrogens (tertiary/aromatic N) is 3. The number of hydrogen-bond donors (Lipinski definition) is 2. The molecule has 2 aromatic carbocycles. The molecule has 2 aromatic heterocycles. The molecule has 1 fully saturated rings. The molecule has 0 spiro atoms. The number of carbonyl (C=O) groups is 1. The number of aromatic nitrogens is 2. The fourth-order valence-electron chi connectivity index (χ4n) is 4.31. The van der Waals surface area contributed by atoms with Crippen molar-refractivity contribution in [3.05, 3.63) is 66.4 Å². The molecule has 1 saturated carbocycles. The number of aliphatic hydroxyl groups excluding tert-OH is 1. The maximum atomic E-state index is 12.3. The van der Waals surface area contributed by atoms with Crippen molar-refractivity contribution in [3.63, 3.8) is 0 Å². The Morgan fingerprint density at radius 1 is 1.09 bits per heavy atom. The first-order valence-electron chi connectivity index (χ1n) is 11.8. The standard InChI is InChI=1S/C27H28N4O3S/c1-31(2)26(33)18-7-5-6-17(14-18)23-15-20(12-13-28-23)34-19-10-11-22-25(16-19)35-27(30-22)29-21-8-3-4-9-24(21)32/h5-7,10-16,21,24,32H,3-4,8-9H2,1-2H3,(H,29,30)/t21-,24-/m1/s1. The van der Waals surface area contributed by atoms with Gasteiger partial charge in [0.2, 0.25) is 0 Å². The third-order valence-corrected chi connectivity index (χ3v) is 7.13. The number of hydrogen-bond acceptors (Lipinski definition) is 7. The van der Waals surface area contributed by atoms with Gasteiger partial charge in [-0.1, -0.05) is 36.3 Å². The zero-order valence-corrected chi connectivity index (χ0v) is 20.6. The molecule has 180 valence electrons. The molecule has 0 radical (unpaired) electrons. The highest BCUT2D eigenvalue weighted by atomic mass is 32.1. The van der Waals surface area contributed by atoms with E-state index >= 15 is 0 Å². The van der Waals surface area contributed by atoms with Crippen molar-refractivity contribution in [2.24, 2.45) is 0 Å². The van der Waals surface area contributed by atoms with E-state index in [4.69, 9.17) is 4.74 Å². The summed E-state index contributed by atoms with van der Waals surface area (Å²) in [5.41, 5.74) is 3.09. The SMILES string of the molecule is CN(C)C(=O)c1cccc(-c2cc(Oc3ccc4nc(N[C@@H]5CCCC[C@H]5O)sc4c3)ccn2)c1. The molecular weight excluding hydrogens is 460 g/mol. The fraction of sp³-hybridized carbons (Fsp3) is 0.296. The summed E-state index contributed by atoms with van der Waals surface area (Å²) >= 11 is 1.56. The van der Waals surface area contributed by atoms with E-state index < -0.39 is 0 Å². The van der Waals surface area contributed by atoms with Crippen LogP contribution < -0.4 is 10.1 Å². The van der Waals surface area contributed by atoms with Gasteiger partial charge in [-0.25, -0.2) is 4.98 Å². The largest absolute Gasteiger partial charge is 0.457 e. The molecule has 7 nitrogen and oxygen atoms in total. The average molecular weight is 489 g/mol. The van der Waals surface area contributed by atoms with E-state index in [0.717, 1.165) is 52.3 Å². The predicted octanol–water partition coefficient (Wildman–Crippen LogP) is 5.57. The van der Waals surface area contributed by atoms with Gasteiger partial charge in [0, 0.05) is 43.6 Å². The summed E-state index contributed by atoms with van der Waals surface area (Å²) < 4.78 is 7.16. The molecule has 0 saturated heterocycles. The minimum atomic E-state index is -0.322. The molecule has 35 heavy (non-hydrogen) atoms. The Morgan fingerprint density at radius 2 is 1.91 bits per heavy atom. The van der Waals surface area contributed by atoms with Crippen molar-refractivity contribution in [1.82, 2.24) is 14.9 Å². The molecule has 1 aliphatic carbocycles. The van der Waals surface area contributed by atoms with Crippen LogP contribution in [0.15, 0.2) is 60.8 Å².